The Hall–Kier alpha value is -3.93. The van der Waals surface area contributed by atoms with Crippen LogP contribution in [-0.2, 0) is 28.6 Å². The third-order valence-corrected chi connectivity index (χ3v) is 13.8. The molecule has 0 aliphatic carbocycles. The van der Waals surface area contributed by atoms with Crippen molar-refractivity contribution in [1.29, 1.82) is 0 Å². The van der Waals surface area contributed by atoms with Crippen LogP contribution < -0.4 is 0 Å². The van der Waals surface area contributed by atoms with E-state index < -0.39 is 6.10 Å². The summed E-state index contributed by atoms with van der Waals surface area (Å²) in [5.41, 5.74) is 0. The molecule has 0 saturated heterocycles. The van der Waals surface area contributed by atoms with E-state index in [0.29, 0.717) is 19.3 Å². The fourth-order valence-electron chi connectivity index (χ4n) is 8.92. The van der Waals surface area contributed by atoms with Crippen molar-refractivity contribution in [1.82, 2.24) is 0 Å². The van der Waals surface area contributed by atoms with Gasteiger partial charge in [-0.1, -0.05) is 284 Å². The van der Waals surface area contributed by atoms with Crippen LogP contribution >= 0.6 is 0 Å². The van der Waals surface area contributed by atoms with Crippen LogP contribution in [0, 0.1) is 0 Å². The first kappa shape index (κ1) is 73.1. The van der Waals surface area contributed by atoms with Crippen molar-refractivity contribution in [2.45, 2.75) is 309 Å². The number of ether oxygens (including phenoxy) is 3. The van der Waals surface area contributed by atoms with Gasteiger partial charge in [-0.15, -0.1) is 0 Å². The fourth-order valence-corrected chi connectivity index (χ4v) is 8.92. The third-order valence-electron chi connectivity index (χ3n) is 13.8. The first-order valence-corrected chi connectivity index (χ1v) is 32.4. The standard InChI is InChI=1S/C71H120O6/c1-4-7-10-13-16-19-22-25-27-29-30-31-32-33-34-35-36-37-38-39-40-41-42-43-45-46-49-52-55-58-61-64-70(73)76-67-68(66-75-69(72)63-60-57-54-51-48-24-21-18-15-12-9-6-3)77-71(74)65-62-59-56-53-50-47-44-28-26-23-20-17-14-11-8-5-2/h7,10,16,19,25,27-28,30-31,33-34,36-37,39-40,42-44,68H,4-6,8-9,11-15,17-18,20-24,26,29,32,35,38,41,45-67H2,1-3H3/b10-7-,19-16-,27-25-,31-30-,34-33-,37-36-,40-39-,43-42-,44-28-. The van der Waals surface area contributed by atoms with Crippen LogP contribution in [0.1, 0.15) is 303 Å². The molecule has 77 heavy (non-hydrogen) atoms. The highest BCUT2D eigenvalue weighted by atomic mass is 16.6. The lowest BCUT2D eigenvalue weighted by molar-refractivity contribution is -0.167. The van der Waals surface area contributed by atoms with Crippen LogP contribution in [0.15, 0.2) is 109 Å². The summed E-state index contributed by atoms with van der Waals surface area (Å²) in [6.45, 7) is 6.52. The normalized spacial score (nSPS) is 12.8. The number of carbonyl (C=O) groups is 3. The monoisotopic (exact) mass is 1070 g/mol. The molecule has 0 amide bonds. The van der Waals surface area contributed by atoms with Crippen LogP contribution in [0.25, 0.3) is 0 Å². The summed E-state index contributed by atoms with van der Waals surface area (Å²) in [6.07, 6.45) is 88.1. The van der Waals surface area contributed by atoms with E-state index in [1.165, 1.54) is 128 Å². The van der Waals surface area contributed by atoms with Gasteiger partial charge in [0.2, 0.25) is 0 Å². The fraction of sp³-hybridized carbons (Fsp3) is 0.704. The van der Waals surface area contributed by atoms with E-state index in [0.717, 1.165) is 135 Å². The molecule has 0 aliphatic heterocycles. The Morgan fingerprint density at radius 2 is 0.506 bits per heavy atom. The molecule has 0 spiro atoms. The van der Waals surface area contributed by atoms with E-state index in [1.807, 2.05) is 0 Å². The first-order chi connectivity index (χ1) is 38.0. The zero-order valence-electron chi connectivity index (χ0n) is 50.4. The lowest BCUT2D eigenvalue weighted by Gasteiger charge is -2.18. The smallest absolute Gasteiger partial charge is 0.306 e. The summed E-state index contributed by atoms with van der Waals surface area (Å²) in [5.74, 6) is -0.900. The summed E-state index contributed by atoms with van der Waals surface area (Å²) in [6, 6.07) is 0. The Balaban J connectivity index is 4.30. The highest BCUT2D eigenvalue weighted by Gasteiger charge is 2.19. The molecular formula is C71H120O6. The number of hydrogen-bond donors (Lipinski definition) is 0. The number of allylic oxidation sites excluding steroid dienone is 18. The Morgan fingerprint density at radius 1 is 0.273 bits per heavy atom. The summed E-state index contributed by atoms with van der Waals surface area (Å²) in [4.78, 5) is 38.2. The van der Waals surface area contributed by atoms with Gasteiger partial charge in [0.25, 0.3) is 0 Å². The van der Waals surface area contributed by atoms with Crippen LogP contribution in [-0.4, -0.2) is 37.2 Å². The van der Waals surface area contributed by atoms with Crippen molar-refractivity contribution < 1.29 is 28.6 Å². The maximum Gasteiger partial charge on any atom is 0.306 e. The Morgan fingerprint density at radius 3 is 0.805 bits per heavy atom. The molecule has 0 fully saturated rings. The maximum atomic E-state index is 12.9. The Kier molecular flexibility index (Phi) is 61.3. The van der Waals surface area contributed by atoms with Gasteiger partial charge < -0.3 is 14.2 Å². The van der Waals surface area contributed by atoms with Crippen LogP contribution in [0.4, 0.5) is 0 Å². The predicted molar refractivity (Wildman–Crippen MR) is 334 cm³/mol. The van der Waals surface area contributed by atoms with Gasteiger partial charge in [-0.05, 0) is 109 Å². The van der Waals surface area contributed by atoms with Gasteiger partial charge in [-0.25, -0.2) is 0 Å². The van der Waals surface area contributed by atoms with E-state index in [-0.39, 0.29) is 31.1 Å². The van der Waals surface area contributed by atoms with Crippen LogP contribution in [0.2, 0.25) is 0 Å². The molecule has 0 radical (unpaired) electrons. The maximum absolute atomic E-state index is 12.9. The van der Waals surface area contributed by atoms with E-state index in [1.54, 1.807) is 0 Å². The van der Waals surface area contributed by atoms with Gasteiger partial charge in [0.15, 0.2) is 6.10 Å². The van der Waals surface area contributed by atoms with Crippen molar-refractivity contribution in [3.8, 4) is 0 Å². The van der Waals surface area contributed by atoms with Crippen LogP contribution in [0.5, 0.6) is 0 Å². The van der Waals surface area contributed by atoms with E-state index in [2.05, 4.69) is 130 Å². The molecule has 0 aliphatic rings. The number of hydrogen-bond acceptors (Lipinski definition) is 6. The highest BCUT2D eigenvalue weighted by molar-refractivity contribution is 5.71. The van der Waals surface area contributed by atoms with Crippen LogP contribution in [0.3, 0.4) is 0 Å². The largest absolute Gasteiger partial charge is 0.462 e. The van der Waals surface area contributed by atoms with Crippen molar-refractivity contribution in [2.24, 2.45) is 0 Å². The van der Waals surface area contributed by atoms with Crippen molar-refractivity contribution >= 4 is 17.9 Å². The highest BCUT2D eigenvalue weighted by Crippen LogP contribution is 2.16. The topological polar surface area (TPSA) is 78.9 Å². The van der Waals surface area contributed by atoms with Gasteiger partial charge in [-0.2, -0.15) is 0 Å². The molecule has 1 atom stereocenters. The lowest BCUT2D eigenvalue weighted by atomic mass is 10.0. The third kappa shape index (κ3) is 62.8. The average Bonchev–Trinajstić information content (AvgIpc) is 3.43. The molecule has 0 aromatic heterocycles. The number of esters is 3. The molecule has 6 heteroatoms. The second-order valence-electron chi connectivity index (χ2n) is 21.3. The number of rotatable bonds is 58. The molecule has 0 rings (SSSR count). The summed E-state index contributed by atoms with van der Waals surface area (Å²) < 4.78 is 16.9. The Labute approximate surface area is 476 Å². The molecule has 0 bridgehead atoms. The Bertz CT molecular complexity index is 1560. The molecule has 0 N–H and O–H groups in total. The SMILES string of the molecule is CC/C=C\C/C=C\C/C=C\C/C=C\C/C=C\C/C=C\C/C=C\C/C=C\CCCCCCCCC(=O)OCC(COC(=O)CCCCCCCCCCCCCC)OC(=O)CCCCCCC/C=C\CCCCCCCCC. The minimum Gasteiger partial charge on any atom is -0.462 e. The second kappa shape index (κ2) is 64.6. The van der Waals surface area contributed by atoms with E-state index in [9.17, 15) is 14.4 Å². The van der Waals surface area contributed by atoms with Gasteiger partial charge in [0.1, 0.15) is 13.2 Å². The minimum absolute atomic E-state index is 0.0838. The first-order valence-electron chi connectivity index (χ1n) is 32.4. The molecule has 6 nitrogen and oxygen atoms in total. The van der Waals surface area contributed by atoms with Gasteiger partial charge in [0.05, 0.1) is 0 Å². The van der Waals surface area contributed by atoms with E-state index in [4.69, 9.17) is 14.2 Å². The van der Waals surface area contributed by atoms with Crippen molar-refractivity contribution in [3.05, 3.63) is 109 Å². The summed E-state index contributed by atoms with van der Waals surface area (Å²) in [7, 11) is 0. The zero-order chi connectivity index (χ0) is 55.7. The molecule has 0 heterocycles. The molecule has 1 unspecified atom stereocenters. The average molecular weight is 1070 g/mol. The van der Waals surface area contributed by atoms with Crippen molar-refractivity contribution in [2.75, 3.05) is 13.2 Å². The molecular weight excluding hydrogens is 949 g/mol. The lowest BCUT2D eigenvalue weighted by Crippen LogP contribution is -2.30. The summed E-state index contributed by atoms with van der Waals surface area (Å²) >= 11 is 0. The predicted octanol–water partition coefficient (Wildman–Crippen LogP) is 22.2. The van der Waals surface area contributed by atoms with E-state index >= 15 is 0 Å². The molecule has 0 saturated carbocycles. The van der Waals surface area contributed by atoms with Gasteiger partial charge in [0, 0.05) is 19.3 Å². The molecule has 0 aromatic carbocycles. The summed E-state index contributed by atoms with van der Waals surface area (Å²) in [5, 5.41) is 0. The quantitative estimate of drug-likeness (QED) is 0.0261. The van der Waals surface area contributed by atoms with Gasteiger partial charge >= 0.3 is 17.9 Å². The molecule has 440 valence electrons. The number of carbonyl (C=O) groups excluding carboxylic acids is 3. The molecule has 0 aromatic rings. The van der Waals surface area contributed by atoms with Crippen molar-refractivity contribution in [3.63, 3.8) is 0 Å². The second-order valence-corrected chi connectivity index (χ2v) is 21.3. The van der Waals surface area contributed by atoms with Gasteiger partial charge in [-0.3, -0.25) is 14.4 Å². The zero-order valence-corrected chi connectivity index (χ0v) is 50.4. The number of unbranched alkanes of at least 4 members (excludes halogenated alkanes) is 29. The minimum atomic E-state index is -0.788.